The summed E-state index contributed by atoms with van der Waals surface area (Å²) in [4.78, 5) is 12.0. The van der Waals surface area contributed by atoms with Crippen molar-refractivity contribution in [2.45, 2.75) is 56.9 Å². The highest BCUT2D eigenvalue weighted by Gasteiger charge is 2.40. The van der Waals surface area contributed by atoms with Crippen LogP contribution in [-0.2, 0) is 10.2 Å². The van der Waals surface area contributed by atoms with Crippen LogP contribution in [0.5, 0.6) is 0 Å². The van der Waals surface area contributed by atoms with Gasteiger partial charge in [-0.15, -0.1) is 0 Å². The van der Waals surface area contributed by atoms with E-state index in [0.717, 1.165) is 19.3 Å². The second kappa shape index (κ2) is 7.18. The second-order valence-corrected chi connectivity index (χ2v) is 6.20. The number of carbonyl (C=O) groups is 1. The molecule has 0 radical (unpaired) electrons. The van der Waals surface area contributed by atoms with Gasteiger partial charge in [-0.2, -0.15) is 0 Å². The van der Waals surface area contributed by atoms with Gasteiger partial charge in [-0.1, -0.05) is 32.3 Å². The third kappa shape index (κ3) is 3.46. The zero-order valence-electron chi connectivity index (χ0n) is 13.0. The molecule has 1 aliphatic carbocycles. The molecule has 22 heavy (non-hydrogen) atoms. The number of nitrogens with two attached hydrogens (primary N) is 1. The topological polar surface area (TPSA) is 55.1 Å². The quantitative estimate of drug-likeness (QED) is 0.848. The number of hydrogen-bond acceptors (Lipinski definition) is 2. The number of halogens is 2. The fourth-order valence-corrected chi connectivity index (χ4v) is 3.40. The third-order valence-electron chi connectivity index (χ3n) is 4.59. The van der Waals surface area contributed by atoms with Crippen molar-refractivity contribution in [3.05, 3.63) is 35.4 Å². The van der Waals surface area contributed by atoms with Crippen molar-refractivity contribution >= 4 is 5.91 Å². The number of nitrogens with one attached hydrogen (secondary N) is 1. The van der Waals surface area contributed by atoms with Crippen molar-refractivity contribution in [2.24, 2.45) is 5.73 Å². The van der Waals surface area contributed by atoms with Crippen LogP contribution in [0.3, 0.4) is 0 Å². The van der Waals surface area contributed by atoms with Crippen molar-refractivity contribution in [3.63, 3.8) is 0 Å². The maximum absolute atomic E-state index is 14.2. The molecule has 2 rings (SSSR count). The molecular weight excluding hydrogens is 286 g/mol. The molecule has 1 aromatic rings. The predicted octanol–water partition coefficient (Wildman–Crippen LogP) is 3.02. The van der Waals surface area contributed by atoms with E-state index in [2.05, 4.69) is 5.32 Å². The van der Waals surface area contributed by atoms with Gasteiger partial charge in [0.25, 0.3) is 0 Å². The first-order valence-electron chi connectivity index (χ1n) is 7.98. The van der Waals surface area contributed by atoms with Gasteiger partial charge < -0.3 is 11.1 Å². The SMILES string of the molecule is CCCC(N)C(=O)NCC1(c2c(F)cccc2F)CCCC1. The van der Waals surface area contributed by atoms with Crippen LogP contribution < -0.4 is 11.1 Å². The summed E-state index contributed by atoms with van der Waals surface area (Å²) in [6.07, 6.45) is 4.59. The van der Waals surface area contributed by atoms with Crippen LogP contribution in [0.15, 0.2) is 18.2 Å². The summed E-state index contributed by atoms with van der Waals surface area (Å²) in [5.41, 5.74) is 5.25. The Bertz CT molecular complexity index is 507. The zero-order valence-corrected chi connectivity index (χ0v) is 13.0. The molecule has 3 nitrogen and oxygen atoms in total. The summed E-state index contributed by atoms with van der Waals surface area (Å²) in [5, 5.41) is 2.81. The lowest BCUT2D eigenvalue weighted by Gasteiger charge is -2.31. The van der Waals surface area contributed by atoms with E-state index >= 15 is 0 Å². The standard InChI is InChI=1S/C17H24F2N2O/c1-2-6-14(20)16(22)21-11-17(9-3-4-10-17)15-12(18)7-5-8-13(15)19/h5,7-8,14H,2-4,6,9-11,20H2,1H3,(H,21,22). The summed E-state index contributed by atoms with van der Waals surface area (Å²) < 4.78 is 28.3. The lowest BCUT2D eigenvalue weighted by Crippen LogP contribution is -2.46. The number of amides is 1. The summed E-state index contributed by atoms with van der Waals surface area (Å²) in [5.74, 6) is -1.31. The van der Waals surface area contributed by atoms with Gasteiger partial charge in [0.15, 0.2) is 0 Å². The van der Waals surface area contributed by atoms with Crippen LogP contribution in [0.25, 0.3) is 0 Å². The normalized spacial score (nSPS) is 18.2. The predicted molar refractivity (Wildman–Crippen MR) is 82.4 cm³/mol. The Morgan fingerprint density at radius 3 is 2.45 bits per heavy atom. The molecule has 0 bridgehead atoms. The number of rotatable bonds is 6. The van der Waals surface area contributed by atoms with E-state index in [1.54, 1.807) is 0 Å². The number of benzene rings is 1. The molecule has 0 spiro atoms. The van der Waals surface area contributed by atoms with Crippen molar-refractivity contribution in [1.82, 2.24) is 5.32 Å². The first-order chi connectivity index (χ1) is 10.5. The molecular formula is C17H24F2N2O. The van der Waals surface area contributed by atoms with Gasteiger partial charge in [0, 0.05) is 17.5 Å². The molecule has 3 N–H and O–H groups in total. The van der Waals surface area contributed by atoms with E-state index in [1.807, 2.05) is 6.92 Å². The minimum absolute atomic E-state index is 0.108. The monoisotopic (exact) mass is 310 g/mol. The molecule has 0 aliphatic heterocycles. The highest BCUT2D eigenvalue weighted by Crippen LogP contribution is 2.42. The highest BCUT2D eigenvalue weighted by atomic mass is 19.1. The van der Waals surface area contributed by atoms with E-state index in [1.165, 1.54) is 18.2 Å². The van der Waals surface area contributed by atoms with Crippen LogP contribution in [0, 0.1) is 11.6 Å². The van der Waals surface area contributed by atoms with Crippen LogP contribution in [0.1, 0.15) is 51.0 Å². The molecule has 1 unspecified atom stereocenters. The summed E-state index contributed by atoms with van der Waals surface area (Å²) in [6.45, 7) is 2.20. The Labute approximate surface area is 130 Å². The zero-order chi connectivity index (χ0) is 16.2. The van der Waals surface area contributed by atoms with Gasteiger partial charge in [-0.05, 0) is 31.4 Å². The Balaban J connectivity index is 2.18. The number of hydrogen-bond donors (Lipinski definition) is 2. The van der Waals surface area contributed by atoms with Crippen LogP contribution in [0.2, 0.25) is 0 Å². The average molecular weight is 310 g/mol. The van der Waals surface area contributed by atoms with Crippen LogP contribution >= 0.6 is 0 Å². The van der Waals surface area contributed by atoms with Gasteiger partial charge in [0.2, 0.25) is 5.91 Å². The van der Waals surface area contributed by atoms with Gasteiger partial charge in [-0.3, -0.25) is 4.79 Å². The molecule has 1 aromatic carbocycles. The maximum atomic E-state index is 14.2. The molecule has 1 fully saturated rings. The Morgan fingerprint density at radius 1 is 1.32 bits per heavy atom. The van der Waals surface area contributed by atoms with Crippen LogP contribution in [-0.4, -0.2) is 18.5 Å². The fraction of sp³-hybridized carbons (Fsp3) is 0.588. The van der Waals surface area contributed by atoms with E-state index < -0.39 is 23.1 Å². The summed E-state index contributed by atoms with van der Waals surface area (Å²) in [7, 11) is 0. The first kappa shape index (κ1) is 16.9. The largest absolute Gasteiger partial charge is 0.354 e. The summed E-state index contributed by atoms with van der Waals surface area (Å²) >= 11 is 0. The van der Waals surface area contributed by atoms with Gasteiger partial charge in [0.05, 0.1) is 6.04 Å². The molecule has 0 saturated heterocycles. The van der Waals surface area contributed by atoms with E-state index in [9.17, 15) is 13.6 Å². The van der Waals surface area contributed by atoms with Crippen molar-refractivity contribution < 1.29 is 13.6 Å². The maximum Gasteiger partial charge on any atom is 0.236 e. The second-order valence-electron chi connectivity index (χ2n) is 6.20. The Morgan fingerprint density at radius 2 is 1.91 bits per heavy atom. The molecule has 122 valence electrons. The van der Waals surface area contributed by atoms with Gasteiger partial charge >= 0.3 is 0 Å². The minimum Gasteiger partial charge on any atom is -0.354 e. The molecule has 0 aromatic heterocycles. The molecule has 1 aliphatic rings. The third-order valence-corrected chi connectivity index (χ3v) is 4.59. The van der Waals surface area contributed by atoms with Crippen LogP contribution in [0.4, 0.5) is 8.78 Å². The molecule has 1 atom stereocenters. The molecule has 0 heterocycles. The van der Waals surface area contributed by atoms with Crippen molar-refractivity contribution in [3.8, 4) is 0 Å². The lowest BCUT2D eigenvalue weighted by atomic mass is 9.78. The van der Waals surface area contributed by atoms with E-state index in [-0.39, 0.29) is 18.0 Å². The minimum atomic E-state index is -0.656. The fourth-order valence-electron chi connectivity index (χ4n) is 3.40. The van der Waals surface area contributed by atoms with Crippen molar-refractivity contribution in [1.29, 1.82) is 0 Å². The van der Waals surface area contributed by atoms with E-state index in [0.29, 0.717) is 19.3 Å². The van der Waals surface area contributed by atoms with Crippen molar-refractivity contribution in [2.75, 3.05) is 6.54 Å². The molecule has 1 saturated carbocycles. The molecule has 5 heteroatoms. The number of carbonyl (C=O) groups excluding carboxylic acids is 1. The first-order valence-corrected chi connectivity index (χ1v) is 7.98. The smallest absolute Gasteiger partial charge is 0.236 e. The highest BCUT2D eigenvalue weighted by molar-refractivity contribution is 5.81. The molecule has 1 amide bonds. The average Bonchev–Trinajstić information content (AvgIpc) is 2.94. The Hall–Kier alpha value is -1.49. The Kier molecular flexibility index (Phi) is 5.51. The summed E-state index contributed by atoms with van der Waals surface area (Å²) in [6, 6.07) is 3.37. The van der Waals surface area contributed by atoms with Gasteiger partial charge in [-0.25, -0.2) is 8.78 Å². The van der Waals surface area contributed by atoms with Gasteiger partial charge in [0.1, 0.15) is 11.6 Å². The lowest BCUT2D eigenvalue weighted by molar-refractivity contribution is -0.122. The van der Waals surface area contributed by atoms with E-state index in [4.69, 9.17) is 5.73 Å².